The predicted octanol–water partition coefficient (Wildman–Crippen LogP) is 2.01. The minimum absolute atomic E-state index is 0.0460. The van der Waals surface area contributed by atoms with E-state index in [1.54, 1.807) is 6.07 Å². The summed E-state index contributed by atoms with van der Waals surface area (Å²) >= 11 is 0. The second-order valence-electron chi connectivity index (χ2n) is 4.52. The molecule has 104 valence electrons. The van der Waals surface area contributed by atoms with Crippen molar-refractivity contribution in [3.8, 4) is 5.75 Å². The maximum Gasteiger partial charge on any atom is 0.264 e. The summed E-state index contributed by atoms with van der Waals surface area (Å²) < 4.78 is 26.7. The molecule has 20 heavy (non-hydrogen) atoms. The van der Waals surface area contributed by atoms with Crippen molar-refractivity contribution in [2.45, 2.75) is 4.90 Å². The van der Waals surface area contributed by atoms with Crippen LogP contribution in [-0.2, 0) is 10.0 Å². The van der Waals surface area contributed by atoms with Crippen molar-refractivity contribution < 1.29 is 13.5 Å². The number of nitrogens with zero attached hydrogens (tertiary/aromatic N) is 1. The Morgan fingerprint density at radius 2 is 1.75 bits per heavy atom. The second kappa shape index (κ2) is 4.72. The summed E-state index contributed by atoms with van der Waals surface area (Å²) in [7, 11) is -3.61. The summed E-state index contributed by atoms with van der Waals surface area (Å²) in [4.78, 5) is 0.173. The van der Waals surface area contributed by atoms with Gasteiger partial charge in [0.05, 0.1) is 22.8 Å². The van der Waals surface area contributed by atoms with E-state index in [-0.39, 0.29) is 10.6 Å². The largest absolute Gasteiger partial charge is 0.508 e. The molecule has 0 saturated heterocycles. The molecule has 6 heteroatoms. The maximum absolute atomic E-state index is 12.7. The first-order valence-electron chi connectivity index (χ1n) is 6.24. The van der Waals surface area contributed by atoms with Crippen LogP contribution in [0, 0.1) is 0 Å². The van der Waals surface area contributed by atoms with Gasteiger partial charge < -0.3 is 10.4 Å². The van der Waals surface area contributed by atoms with E-state index in [0.29, 0.717) is 18.8 Å². The number of anilines is 2. The average molecular weight is 290 g/mol. The van der Waals surface area contributed by atoms with Gasteiger partial charge in [0.15, 0.2) is 0 Å². The number of hydrogen-bond donors (Lipinski definition) is 2. The van der Waals surface area contributed by atoms with Crippen LogP contribution in [0.5, 0.6) is 5.75 Å². The summed E-state index contributed by atoms with van der Waals surface area (Å²) in [6.45, 7) is 0.939. The predicted molar refractivity (Wildman–Crippen MR) is 77.6 cm³/mol. The Bertz CT molecular complexity index is 726. The Morgan fingerprint density at radius 1 is 1.05 bits per heavy atom. The maximum atomic E-state index is 12.7. The molecular weight excluding hydrogens is 276 g/mol. The first-order valence-corrected chi connectivity index (χ1v) is 7.68. The highest BCUT2D eigenvalue weighted by Gasteiger charge is 2.28. The fourth-order valence-corrected chi connectivity index (χ4v) is 3.73. The van der Waals surface area contributed by atoms with Crippen molar-refractivity contribution in [3.05, 3.63) is 48.5 Å². The zero-order chi connectivity index (χ0) is 14.2. The number of phenols is 1. The molecule has 3 rings (SSSR count). The van der Waals surface area contributed by atoms with Crippen molar-refractivity contribution in [1.82, 2.24) is 0 Å². The van der Waals surface area contributed by atoms with Crippen molar-refractivity contribution in [2.24, 2.45) is 0 Å². The highest BCUT2D eigenvalue weighted by Crippen LogP contribution is 2.33. The zero-order valence-corrected chi connectivity index (χ0v) is 11.5. The highest BCUT2D eigenvalue weighted by atomic mass is 32.2. The number of para-hydroxylation sites is 2. The van der Waals surface area contributed by atoms with Gasteiger partial charge in [0.1, 0.15) is 5.75 Å². The fraction of sp³-hybridized carbons (Fsp3) is 0.143. The van der Waals surface area contributed by atoms with Crippen LogP contribution in [0.25, 0.3) is 0 Å². The Morgan fingerprint density at radius 3 is 2.50 bits per heavy atom. The Hall–Kier alpha value is -2.21. The summed E-state index contributed by atoms with van der Waals surface area (Å²) in [5.74, 6) is 0.0460. The molecule has 0 aliphatic carbocycles. The SMILES string of the molecule is O=S(=O)(c1ccc(O)cc1)N1CCNc2ccccc21. The van der Waals surface area contributed by atoms with Gasteiger partial charge in [-0.25, -0.2) is 8.42 Å². The topological polar surface area (TPSA) is 69.6 Å². The van der Waals surface area contributed by atoms with Gasteiger partial charge in [-0.05, 0) is 36.4 Å². The normalized spacial score (nSPS) is 14.5. The molecule has 1 aliphatic rings. The molecular formula is C14H14N2O3S. The Labute approximate surface area is 117 Å². The van der Waals surface area contributed by atoms with E-state index in [1.165, 1.54) is 28.6 Å². The summed E-state index contributed by atoms with van der Waals surface area (Å²) in [5, 5.41) is 12.5. The van der Waals surface area contributed by atoms with Gasteiger partial charge in [-0.2, -0.15) is 0 Å². The van der Waals surface area contributed by atoms with Gasteiger partial charge in [-0.15, -0.1) is 0 Å². The van der Waals surface area contributed by atoms with Gasteiger partial charge in [-0.1, -0.05) is 12.1 Å². The van der Waals surface area contributed by atoms with E-state index in [1.807, 2.05) is 18.2 Å². The van der Waals surface area contributed by atoms with Crippen LogP contribution in [0.15, 0.2) is 53.4 Å². The van der Waals surface area contributed by atoms with E-state index in [2.05, 4.69) is 5.32 Å². The minimum atomic E-state index is -3.61. The third-order valence-corrected chi connectivity index (χ3v) is 5.06. The second-order valence-corrected chi connectivity index (χ2v) is 6.38. The van der Waals surface area contributed by atoms with Crippen LogP contribution < -0.4 is 9.62 Å². The molecule has 0 spiro atoms. The molecule has 1 aliphatic heterocycles. The van der Waals surface area contributed by atoms with Crippen LogP contribution in [0.3, 0.4) is 0 Å². The smallest absolute Gasteiger partial charge is 0.264 e. The molecule has 0 radical (unpaired) electrons. The molecule has 2 aromatic rings. The number of phenolic OH excluding ortho intramolecular Hbond substituents is 1. The number of fused-ring (bicyclic) bond motifs is 1. The summed E-state index contributed by atoms with van der Waals surface area (Å²) in [6, 6.07) is 12.9. The number of aromatic hydroxyl groups is 1. The van der Waals surface area contributed by atoms with Crippen LogP contribution in [0.4, 0.5) is 11.4 Å². The number of sulfonamides is 1. The average Bonchev–Trinajstić information content (AvgIpc) is 2.47. The van der Waals surface area contributed by atoms with E-state index < -0.39 is 10.0 Å². The lowest BCUT2D eigenvalue weighted by atomic mass is 10.2. The van der Waals surface area contributed by atoms with Crippen LogP contribution in [-0.4, -0.2) is 26.6 Å². The monoisotopic (exact) mass is 290 g/mol. The molecule has 0 amide bonds. The fourth-order valence-electron chi connectivity index (χ4n) is 2.25. The first-order chi connectivity index (χ1) is 9.59. The molecule has 2 aromatic carbocycles. The summed E-state index contributed by atoms with van der Waals surface area (Å²) in [6.07, 6.45) is 0. The van der Waals surface area contributed by atoms with E-state index in [0.717, 1.165) is 5.69 Å². The summed E-state index contributed by atoms with van der Waals surface area (Å²) in [5.41, 5.74) is 1.45. The quantitative estimate of drug-likeness (QED) is 0.887. The number of benzene rings is 2. The lowest BCUT2D eigenvalue weighted by Gasteiger charge is -2.31. The molecule has 1 heterocycles. The molecule has 0 bridgehead atoms. The van der Waals surface area contributed by atoms with Crippen LogP contribution >= 0.6 is 0 Å². The van der Waals surface area contributed by atoms with Crippen molar-refractivity contribution >= 4 is 21.4 Å². The molecule has 0 atom stereocenters. The molecule has 0 aromatic heterocycles. The third-order valence-electron chi connectivity index (χ3n) is 3.23. The molecule has 0 unspecified atom stereocenters. The van der Waals surface area contributed by atoms with Gasteiger partial charge in [0.25, 0.3) is 10.0 Å². The lowest BCUT2D eigenvalue weighted by molar-refractivity contribution is 0.475. The van der Waals surface area contributed by atoms with E-state index in [4.69, 9.17) is 0 Å². The number of rotatable bonds is 2. The Balaban J connectivity index is 2.07. The first kappa shape index (κ1) is 12.8. The van der Waals surface area contributed by atoms with Gasteiger partial charge >= 0.3 is 0 Å². The third kappa shape index (κ3) is 2.08. The van der Waals surface area contributed by atoms with Gasteiger partial charge in [0.2, 0.25) is 0 Å². The zero-order valence-electron chi connectivity index (χ0n) is 10.7. The Kier molecular flexibility index (Phi) is 3.02. The number of hydrogen-bond acceptors (Lipinski definition) is 4. The van der Waals surface area contributed by atoms with Crippen molar-refractivity contribution in [1.29, 1.82) is 0 Å². The van der Waals surface area contributed by atoms with Crippen LogP contribution in [0.1, 0.15) is 0 Å². The van der Waals surface area contributed by atoms with E-state index >= 15 is 0 Å². The molecule has 0 fully saturated rings. The van der Waals surface area contributed by atoms with E-state index in [9.17, 15) is 13.5 Å². The lowest BCUT2D eigenvalue weighted by Crippen LogP contribution is -2.38. The standard InChI is InChI=1S/C14H14N2O3S/c17-11-5-7-12(8-6-11)20(18,19)16-10-9-15-13-3-1-2-4-14(13)16/h1-8,15,17H,9-10H2. The molecule has 2 N–H and O–H groups in total. The number of nitrogens with one attached hydrogen (secondary N) is 1. The molecule has 5 nitrogen and oxygen atoms in total. The van der Waals surface area contributed by atoms with Crippen LogP contribution in [0.2, 0.25) is 0 Å². The van der Waals surface area contributed by atoms with Crippen molar-refractivity contribution in [3.63, 3.8) is 0 Å². The van der Waals surface area contributed by atoms with Crippen molar-refractivity contribution in [2.75, 3.05) is 22.7 Å². The highest BCUT2D eigenvalue weighted by molar-refractivity contribution is 7.92. The van der Waals surface area contributed by atoms with Gasteiger partial charge in [-0.3, -0.25) is 4.31 Å². The minimum Gasteiger partial charge on any atom is -0.508 e. The van der Waals surface area contributed by atoms with Gasteiger partial charge in [0, 0.05) is 6.54 Å². The molecule has 0 saturated carbocycles.